The third-order valence-corrected chi connectivity index (χ3v) is 4.49. The molecule has 0 aromatic heterocycles. The van der Waals surface area contributed by atoms with Crippen molar-refractivity contribution in [1.82, 2.24) is 0 Å². The van der Waals surface area contributed by atoms with Crippen molar-refractivity contribution in [3.05, 3.63) is 12.2 Å². The zero-order valence-electron chi connectivity index (χ0n) is 17.4. The van der Waals surface area contributed by atoms with Gasteiger partial charge in [0.15, 0.2) is 0 Å². The lowest BCUT2D eigenvalue weighted by atomic mass is 10.1. The third-order valence-electron chi connectivity index (χ3n) is 4.49. The number of carbonyl (C=O) groups is 1. The van der Waals surface area contributed by atoms with Crippen LogP contribution in [-0.4, -0.2) is 12.6 Å². The molecule has 2 nitrogen and oxygen atoms in total. The minimum atomic E-state index is -0.0391. The molecule has 0 rings (SSSR count). The third kappa shape index (κ3) is 21.2. The molecule has 0 atom stereocenters. The highest BCUT2D eigenvalue weighted by atomic mass is 16.5. The van der Waals surface area contributed by atoms with E-state index in [9.17, 15) is 4.79 Å². The standard InChI is InChI=1S/C23H44O2/c1-4-5-6-7-8-9-10-11-12-13-14-15-16-17-18-19-20-25-23(24)21-22(2)3/h11-12,22H,4-10,13-21H2,1-3H3/b12-11+. The second kappa shape index (κ2) is 19.5. The molecule has 0 saturated carbocycles. The molecule has 0 saturated heterocycles. The lowest BCUT2D eigenvalue weighted by Crippen LogP contribution is -2.08. The molecule has 0 unspecified atom stereocenters. The normalized spacial score (nSPS) is 11.5. The first-order chi connectivity index (χ1) is 12.2. The summed E-state index contributed by atoms with van der Waals surface area (Å²) in [5.74, 6) is 0.357. The Morgan fingerprint density at radius 2 is 1.24 bits per heavy atom. The highest BCUT2D eigenvalue weighted by Crippen LogP contribution is 2.10. The number of rotatable bonds is 18. The van der Waals surface area contributed by atoms with Gasteiger partial charge >= 0.3 is 5.97 Å². The Morgan fingerprint density at radius 3 is 1.76 bits per heavy atom. The molecule has 0 aromatic carbocycles. The van der Waals surface area contributed by atoms with Crippen molar-refractivity contribution in [3.8, 4) is 0 Å². The topological polar surface area (TPSA) is 26.3 Å². The predicted octanol–water partition coefficient (Wildman–Crippen LogP) is 7.61. The second-order valence-corrected chi connectivity index (χ2v) is 7.76. The molecular formula is C23H44O2. The molecule has 0 N–H and O–H groups in total. The van der Waals surface area contributed by atoms with Crippen molar-refractivity contribution in [3.63, 3.8) is 0 Å². The summed E-state index contributed by atoms with van der Waals surface area (Å²) in [4.78, 5) is 11.4. The molecule has 2 heteroatoms. The largest absolute Gasteiger partial charge is 0.466 e. The number of ether oxygens (including phenoxy) is 1. The number of hydrogen-bond acceptors (Lipinski definition) is 2. The van der Waals surface area contributed by atoms with Crippen LogP contribution < -0.4 is 0 Å². The van der Waals surface area contributed by atoms with E-state index in [1.54, 1.807) is 0 Å². The van der Waals surface area contributed by atoms with Crippen LogP contribution in [-0.2, 0) is 9.53 Å². The van der Waals surface area contributed by atoms with Crippen LogP contribution in [0.1, 0.15) is 117 Å². The van der Waals surface area contributed by atoms with E-state index >= 15 is 0 Å². The van der Waals surface area contributed by atoms with Crippen LogP contribution >= 0.6 is 0 Å². The van der Waals surface area contributed by atoms with E-state index in [1.807, 2.05) is 13.8 Å². The number of carbonyl (C=O) groups excluding carboxylic acids is 1. The van der Waals surface area contributed by atoms with E-state index in [1.165, 1.54) is 83.5 Å². The number of hydrogen-bond donors (Lipinski definition) is 0. The number of unbranched alkanes of at least 4 members (excludes halogenated alkanes) is 12. The van der Waals surface area contributed by atoms with Crippen LogP contribution in [0.4, 0.5) is 0 Å². The lowest BCUT2D eigenvalue weighted by Gasteiger charge is -2.06. The first-order valence-corrected chi connectivity index (χ1v) is 11.0. The van der Waals surface area contributed by atoms with E-state index in [4.69, 9.17) is 4.74 Å². The highest BCUT2D eigenvalue weighted by molar-refractivity contribution is 5.69. The summed E-state index contributed by atoms with van der Waals surface area (Å²) in [5.41, 5.74) is 0. The number of allylic oxidation sites excluding steroid dienone is 2. The van der Waals surface area contributed by atoms with E-state index in [0.29, 0.717) is 18.9 Å². The summed E-state index contributed by atoms with van der Waals surface area (Å²) in [6.45, 7) is 6.97. The van der Waals surface area contributed by atoms with Gasteiger partial charge in [0.2, 0.25) is 0 Å². The minimum absolute atomic E-state index is 0.0391. The second-order valence-electron chi connectivity index (χ2n) is 7.76. The summed E-state index contributed by atoms with van der Waals surface area (Å²) < 4.78 is 5.22. The fourth-order valence-electron chi connectivity index (χ4n) is 2.93. The summed E-state index contributed by atoms with van der Waals surface area (Å²) in [7, 11) is 0. The van der Waals surface area contributed by atoms with Gasteiger partial charge < -0.3 is 4.74 Å². The van der Waals surface area contributed by atoms with Crippen LogP contribution in [0.25, 0.3) is 0 Å². The Bertz CT molecular complexity index is 307. The van der Waals surface area contributed by atoms with Crippen molar-refractivity contribution in [2.45, 2.75) is 117 Å². The first-order valence-electron chi connectivity index (χ1n) is 11.0. The van der Waals surface area contributed by atoms with Crippen molar-refractivity contribution in [2.24, 2.45) is 5.92 Å². The van der Waals surface area contributed by atoms with Gasteiger partial charge in [-0.05, 0) is 38.0 Å². The Kier molecular flexibility index (Phi) is 18.9. The van der Waals surface area contributed by atoms with Gasteiger partial charge in [0.05, 0.1) is 6.61 Å². The lowest BCUT2D eigenvalue weighted by molar-refractivity contribution is -0.144. The van der Waals surface area contributed by atoms with Crippen molar-refractivity contribution < 1.29 is 9.53 Å². The maximum Gasteiger partial charge on any atom is 0.306 e. The quantitative estimate of drug-likeness (QED) is 0.144. The summed E-state index contributed by atoms with van der Waals surface area (Å²) in [5, 5.41) is 0. The smallest absolute Gasteiger partial charge is 0.306 e. The van der Waals surface area contributed by atoms with E-state index in [-0.39, 0.29) is 5.97 Å². The molecule has 0 aliphatic carbocycles. The van der Waals surface area contributed by atoms with Crippen LogP contribution in [0.2, 0.25) is 0 Å². The molecule has 0 aliphatic heterocycles. The van der Waals surface area contributed by atoms with E-state index in [2.05, 4.69) is 19.1 Å². The van der Waals surface area contributed by atoms with Gasteiger partial charge in [-0.25, -0.2) is 0 Å². The molecule has 25 heavy (non-hydrogen) atoms. The highest BCUT2D eigenvalue weighted by Gasteiger charge is 2.05. The van der Waals surface area contributed by atoms with Crippen molar-refractivity contribution >= 4 is 5.97 Å². The van der Waals surface area contributed by atoms with Crippen LogP contribution in [0.3, 0.4) is 0 Å². The van der Waals surface area contributed by atoms with E-state index in [0.717, 1.165) is 6.42 Å². The fraction of sp³-hybridized carbons (Fsp3) is 0.870. The molecule has 0 spiro atoms. The summed E-state index contributed by atoms with van der Waals surface area (Å²) in [6, 6.07) is 0. The number of esters is 1. The van der Waals surface area contributed by atoms with Crippen LogP contribution in [0.5, 0.6) is 0 Å². The average molecular weight is 353 g/mol. The first kappa shape index (κ1) is 24.2. The Hall–Kier alpha value is -0.790. The predicted molar refractivity (Wildman–Crippen MR) is 110 cm³/mol. The van der Waals surface area contributed by atoms with Gasteiger partial charge in [0.25, 0.3) is 0 Å². The molecule has 0 radical (unpaired) electrons. The maximum absolute atomic E-state index is 11.4. The summed E-state index contributed by atoms with van der Waals surface area (Å²) in [6.07, 6.45) is 23.6. The average Bonchev–Trinajstić information content (AvgIpc) is 2.57. The monoisotopic (exact) mass is 352 g/mol. The Morgan fingerprint density at radius 1 is 0.760 bits per heavy atom. The minimum Gasteiger partial charge on any atom is -0.466 e. The summed E-state index contributed by atoms with van der Waals surface area (Å²) >= 11 is 0. The Balaban J connectivity index is 3.16. The SMILES string of the molecule is CCCCCCCC/C=C/CCCCCCCCOC(=O)CC(C)C. The van der Waals surface area contributed by atoms with Gasteiger partial charge in [-0.2, -0.15) is 0 Å². The molecule has 148 valence electrons. The molecule has 0 fully saturated rings. The van der Waals surface area contributed by atoms with Gasteiger partial charge in [0, 0.05) is 6.42 Å². The zero-order chi connectivity index (χ0) is 18.6. The van der Waals surface area contributed by atoms with E-state index < -0.39 is 0 Å². The maximum atomic E-state index is 11.4. The van der Waals surface area contributed by atoms with Gasteiger partial charge in [0.1, 0.15) is 0 Å². The fourth-order valence-corrected chi connectivity index (χ4v) is 2.93. The van der Waals surface area contributed by atoms with Crippen LogP contribution in [0, 0.1) is 5.92 Å². The molecule has 0 bridgehead atoms. The molecule has 0 amide bonds. The van der Waals surface area contributed by atoms with Gasteiger partial charge in [-0.1, -0.05) is 90.7 Å². The van der Waals surface area contributed by atoms with Gasteiger partial charge in [-0.3, -0.25) is 4.79 Å². The van der Waals surface area contributed by atoms with Crippen molar-refractivity contribution in [2.75, 3.05) is 6.61 Å². The Labute approximate surface area is 157 Å². The molecule has 0 heterocycles. The molecule has 0 aliphatic rings. The molecular weight excluding hydrogens is 308 g/mol. The van der Waals surface area contributed by atoms with Gasteiger partial charge in [-0.15, -0.1) is 0 Å². The molecule has 0 aromatic rings. The van der Waals surface area contributed by atoms with Crippen LogP contribution in [0.15, 0.2) is 12.2 Å². The van der Waals surface area contributed by atoms with Crippen molar-refractivity contribution in [1.29, 1.82) is 0 Å². The zero-order valence-corrected chi connectivity index (χ0v) is 17.4.